The van der Waals surface area contributed by atoms with E-state index in [2.05, 4.69) is 15.3 Å². The van der Waals surface area contributed by atoms with E-state index >= 15 is 0 Å². The number of nitrogens with one attached hydrogen (secondary N) is 2. The first-order valence-corrected chi connectivity index (χ1v) is 12.6. The van der Waals surface area contributed by atoms with Gasteiger partial charge in [0.05, 0.1) is 22.0 Å². The van der Waals surface area contributed by atoms with Gasteiger partial charge in [0.1, 0.15) is 17.1 Å². The average molecular weight is 505 g/mol. The maximum absolute atomic E-state index is 13.8. The Balaban J connectivity index is 1.19. The molecule has 5 rings (SSSR count). The highest BCUT2D eigenvalue weighted by molar-refractivity contribution is 7.16. The molecule has 0 radical (unpaired) electrons. The van der Waals surface area contributed by atoms with E-state index in [-0.39, 0.29) is 16.4 Å². The number of fused-ring (bicyclic) bond motifs is 2. The molecule has 0 saturated carbocycles. The standard InChI is InChI=1S/C27H25FN4O3S/c28-18-7-3-5-16(13-18)24-23-17(6-4-12-30-23)14-19(31-24)8-1-2-11-29-15-22(34)20-9-10-21(33)25-26(20)36-27(35)32-25/h3-7,9-10,12-14,22,29,33-34H,1-2,8,11,15H2,(H,32,35). The fourth-order valence-electron chi connectivity index (χ4n) is 4.31. The molecule has 36 heavy (non-hydrogen) atoms. The summed E-state index contributed by atoms with van der Waals surface area (Å²) in [5.74, 6) is -0.318. The summed E-state index contributed by atoms with van der Waals surface area (Å²) in [7, 11) is 0. The number of nitrogens with zero attached hydrogens (tertiary/aromatic N) is 2. The van der Waals surface area contributed by atoms with Gasteiger partial charge >= 0.3 is 4.87 Å². The van der Waals surface area contributed by atoms with Gasteiger partial charge in [-0.15, -0.1) is 0 Å². The number of aryl methyl sites for hydroxylation is 1. The number of phenolic OH excluding ortho intramolecular Hbond substituents is 1. The number of phenols is 1. The summed E-state index contributed by atoms with van der Waals surface area (Å²) in [6, 6.07) is 15.4. The van der Waals surface area contributed by atoms with E-state index in [4.69, 9.17) is 4.98 Å². The molecule has 0 saturated heterocycles. The number of aliphatic hydroxyl groups is 1. The molecule has 1 unspecified atom stereocenters. The zero-order valence-electron chi connectivity index (χ0n) is 19.4. The minimum atomic E-state index is -0.803. The SMILES string of the molecule is O=c1[nH]c2c(O)ccc(C(O)CNCCCCc3cc4cccnc4c(-c4cccc(F)c4)n3)c2s1. The topological polar surface area (TPSA) is 111 Å². The van der Waals surface area contributed by atoms with E-state index in [0.717, 1.165) is 47.2 Å². The summed E-state index contributed by atoms with van der Waals surface area (Å²) in [5.41, 5.74) is 4.01. The Bertz CT molecular complexity index is 1580. The van der Waals surface area contributed by atoms with Gasteiger partial charge in [-0.25, -0.2) is 4.39 Å². The molecule has 184 valence electrons. The Kier molecular flexibility index (Phi) is 7.04. The number of pyridine rings is 2. The first-order chi connectivity index (χ1) is 17.5. The van der Waals surface area contributed by atoms with Crippen molar-refractivity contribution in [3.8, 4) is 17.0 Å². The van der Waals surface area contributed by atoms with Crippen molar-refractivity contribution >= 4 is 32.5 Å². The predicted octanol–water partition coefficient (Wildman–Crippen LogP) is 4.69. The Labute approximate surface area is 210 Å². The van der Waals surface area contributed by atoms with Crippen molar-refractivity contribution in [2.75, 3.05) is 13.1 Å². The average Bonchev–Trinajstić information content (AvgIpc) is 3.28. The van der Waals surface area contributed by atoms with Crippen LogP contribution in [0.2, 0.25) is 0 Å². The number of unbranched alkanes of at least 4 members (excludes halogenated alkanes) is 1. The first-order valence-electron chi connectivity index (χ1n) is 11.7. The number of H-pyrrole nitrogens is 1. The quantitative estimate of drug-likeness (QED) is 0.217. The fourth-order valence-corrected chi connectivity index (χ4v) is 5.23. The first kappa shape index (κ1) is 24.1. The van der Waals surface area contributed by atoms with Crippen molar-refractivity contribution < 1.29 is 14.6 Å². The predicted molar refractivity (Wildman–Crippen MR) is 140 cm³/mol. The third-order valence-electron chi connectivity index (χ3n) is 6.06. The molecule has 0 fully saturated rings. The maximum Gasteiger partial charge on any atom is 0.305 e. The molecule has 1 atom stereocenters. The number of aromatic amines is 1. The third-order valence-corrected chi connectivity index (χ3v) is 6.99. The Hall–Kier alpha value is -3.66. The molecule has 5 aromatic rings. The number of rotatable bonds is 9. The van der Waals surface area contributed by atoms with E-state index in [1.54, 1.807) is 18.3 Å². The highest BCUT2D eigenvalue weighted by Gasteiger charge is 2.16. The Morgan fingerprint density at radius 3 is 2.86 bits per heavy atom. The molecule has 0 aliphatic rings. The van der Waals surface area contributed by atoms with Crippen molar-refractivity contribution in [2.24, 2.45) is 0 Å². The second kappa shape index (κ2) is 10.5. The molecular weight excluding hydrogens is 479 g/mol. The molecule has 7 nitrogen and oxygen atoms in total. The van der Waals surface area contributed by atoms with Crippen LogP contribution in [-0.4, -0.2) is 38.3 Å². The van der Waals surface area contributed by atoms with Crippen LogP contribution in [-0.2, 0) is 6.42 Å². The van der Waals surface area contributed by atoms with E-state index in [1.807, 2.05) is 24.3 Å². The van der Waals surface area contributed by atoms with Crippen LogP contribution in [0.3, 0.4) is 0 Å². The summed E-state index contributed by atoms with van der Waals surface area (Å²) in [5, 5.41) is 24.8. The highest BCUT2D eigenvalue weighted by Crippen LogP contribution is 2.31. The molecule has 4 N–H and O–H groups in total. The van der Waals surface area contributed by atoms with Gasteiger partial charge in [0, 0.05) is 34.9 Å². The van der Waals surface area contributed by atoms with Gasteiger partial charge in [-0.2, -0.15) is 0 Å². The summed E-state index contributed by atoms with van der Waals surface area (Å²) in [6.45, 7) is 1.03. The second-order valence-electron chi connectivity index (χ2n) is 8.62. The van der Waals surface area contributed by atoms with E-state index in [9.17, 15) is 19.4 Å². The maximum atomic E-state index is 13.8. The van der Waals surface area contributed by atoms with Crippen LogP contribution in [0.15, 0.2) is 65.6 Å². The number of hydrogen-bond donors (Lipinski definition) is 4. The number of thiazole rings is 1. The van der Waals surface area contributed by atoms with Gasteiger partial charge in [-0.1, -0.05) is 35.6 Å². The number of benzene rings is 2. The molecule has 9 heteroatoms. The third kappa shape index (κ3) is 5.13. The minimum absolute atomic E-state index is 0.00843. The number of aromatic nitrogens is 3. The van der Waals surface area contributed by atoms with Gasteiger partial charge in [0.25, 0.3) is 0 Å². The number of aromatic hydroxyl groups is 1. The van der Waals surface area contributed by atoms with Crippen LogP contribution >= 0.6 is 11.3 Å². The molecule has 2 aromatic carbocycles. The summed E-state index contributed by atoms with van der Waals surface area (Å²) in [4.78, 5) is 23.3. The monoisotopic (exact) mass is 504 g/mol. The van der Waals surface area contributed by atoms with Crippen molar-refractivity contribution in [3.05, 3.63) is 87.5 Å². The van der Waals surface area contributed by atoms with E-state index < -0.39 is 6.10 Å². The van der Waals surface area contributed by atoms with Crippen LogP contribution in [0.4, 0.5) is 4.39 Å². The lowest BCUT2D eigenvalue weighted by Gasteiger charge is -2.13. The van der Waals surface area contributed by atoms with Gasteiger partial charge in [-0.05, 0) is 56.1 Å². The second-order valence-corrected chi connectivity index (χ2v) is 9.60. The summed E-state index contributed by atoms with van der Waals surface area (Å²) < 4.78 is 14.4. The summed E-state index contributed by atoms with van der Waals surface area (Å²) >= 11 is 0.976. The van der Waals surface area contributed by atoms with Crippen LogP contribution in [0.1, 0.15) is 30.2 Å². The molecule has 3 aromatic heterocycles. The Morgan fingerprint density at radius 2 is 2.00 bits per heavy atom. The lowest BCUT2D eigenvalue weighted by atomic mass is 10.0. The molecule has 3 heterocycles. The molecule has 0 aliphatic heterocycles. The van der Waals surface area contributed by atoms with Crippen molar-refractivity contribution in [2.45, 2.75) is 25.4 Å². The smallest absolute Gasteiger partial charge is 0.305 e. The molecule has 0 bridgehead atoms. The molecule has 0 aliphatic carbocycles. The molecule has 0 spiro atoms. The van der Waals surface area contributed by atoms with Crippen LogP contribution in [0.25, 0.3) is 32.4 Å². The number of aliphatic hydroxyl groups excluding tert-OH is 1. The zero-order valence-corrected chi connectivity index (χ0v) is 20.2. The lowest BCUT2D eigenvalue weighted by Crippen LogP contribution is -2.22. The largest absolute Gasteiger partial charge is 0.506 e. The van der Waals surface area contributed by atoms with Crippen molar-refractivity contribution in [1.29, 1.82) is 0 Å². The minimum Gasteiger partial charge on any atom is -0.506 e. The fraction of sp³-hybridized carbons (Fsp3) is 0.222. The number of hydrogen-bond acceptors (Lipinski definition) is 7. The lowest BCUT2D eigenvalue weighted by molar-refractivity contribution is 0.176. The van der Waals surface area contributed by atoms with Gasteiger partial charge in [0.2, 0.25) is 0 Å². The van der Waals surface area contributed by atoms with Crippen LogP contribution in [0, 0.1) is 5.82 Å². The normalized spacial score (nSPS) is 12.4. The van der Waals surface area contributed by atoms with Gasteiger partial charge in [0.15, 0.2) is 0 Å². The zero-order chi connectivity index (χ0) is 25.1. The van der Waals surface area contributed by atoms with Crippen molar-refractivity contribution in [3.63, 3.8) is 0 Å². The summed E-state index contributed by atoms with van der Waals surface area (Å²) in [6.07, 6.45) is 3.42. The van der Waals surface area contributed by atoms with Crippen LogP contribution < -0.4 is 10.2 Å². The van der Waals surface area contributed by atoms with E-state index in [1.165, 1.54) is 18.2 Å². The van der Waals surface area contributed by atoms with Crippen LogP contribution in [0.5, 0.6) is 5.75 Å². The van der Waals surface area contributed by atoms with Crippen molar-refractivity contribution in [1.82, 2.24) is 20.3 Å². The molecular formula is C27H25FN4O3S. The number of halogens is 1. The molecule has 0 amide bonds. The highest BCUT2D eigenvalue weighted by atomic mass is 32.1. The van der Waals surface area contributed by atoms with Gasteiger partial charge in [-0.3, -0.25) is 14.8 Å². The van der Waals surface area contributed by atoms with E-state index in [0.29, 0.717) is 40.1 Å². The Morgan fingerprint density at radius 1 is 1.11 bits per heavy atom. The van der Waals surface area contributed by atoms with Gasteiger partial charge < -0.3 is 20.5 Å².